The molecule has 53 heavy (non-hydrogen) atoms. The number of rotatable bonds is 3. The Kier molecular flexibility index (Phi) is 7.74. The number of benzene rings is 4. The Morgan fingerprint density at radius 3 is 1.19 bits per heavy atom. The summed E-state index contributed by atoms with van der Waals surface area (Å²) in [5.74, 6) is 2.10. The summed E-state index contributed by atoms with van der Waals surface area (Å²) in [6.45, 7) is 11.9. The molecular formula is C41H39CuN11. The van der Waals surface area contributed by atoms with Crippen LogP contribution in [0.25, 0.3) is 89.7 Å². The number of aromatic nitrogens is 8. The molecule has 9 rings (SSSR count). The van der Waals surface area contributed by atoms with E-state index in [0.717, 1.165) is 60.5 Å². The number of H-pyrrole nitrogens is 2. The van der Waals surface area contributed by atoms with Gasteiger partial charge in [0.05, 0.1) is 0 Å². The van der Waals surface area contributed by atoms with Crippen LogP contribution in [0.15, 0.2) is 78.9 Å². The van der Waals surface area contributed by atoms with E-state index in [-0.39, 0.29) is 17.1 Å². The molecule has 2 aliphatic heterocycles. The largest absolute Gasteiger partial charge is 0.324 e. The molecule has 269 valence electrons. The molecule has 7 aromatic rings. The molecular weight excluding hydrogens is 710 g/mol. The first kappa shape index (κ1) is 34.7. The van der Waals surface area contributed by atoms with E-state index in [1.807, 2.05) is 114 Å². The van der Waals surface area contributed by atoms with Crippen LogP contribution >= 0.6 is 0 Å². The van der Waals surface area contributed by atoms with E-state index >= 15 is 0 Å². The number of nitrogens with one attached hydrogen (secondary N) is 2. The first-order valence-corrected chi connectivity index (χ1v) is 17.4. The van der Waals surface area contributed by atoms with Gasteiger partial charge >= 0.3 is 0 Å². The van der Waals surface area contributed by atoms with Crippen LogP contribution in [-0.2, 0) is 33.7 Å². The molecule has 2 aliphatic rings. The minimum atomic E-state index is -0.862. The van der Waals surface area contributed by atoms with Crippen molar-refractivity contribution in [3.63, 3.8) is 0 Å². The minimum Gasteiger partial charge on any atom is -0.324 e. The zero-order valence-electron chi connectivity index (χ0n) is 30.2. The second-order valence-electron chi connectivity index (χ2n) is 15.5. The Hall–Kier alpha value is -5.36. The van der Waals surface area contributed by atoms with Crippen molar-refractivity contribution in [3.8, 4) is 45.6 Å². The summed E-state index contributed by atoms with van der Waals surface area (Å²) >= 11 is 0. The zero-order valence-corrected chi connectivity index (χ0v) is 31.2. The summed E-state index contributed by atoms with van der Waals surface area (Å²) in [4.78, 5) is 37.9. The van der Waals surface area contributed by atoms with E-state index in [1.54, 1.807) is 0 Å². The van der Waals surface area contributed by atoms with E-state index in [4.69, 9.17) is 47.1 Å². The van der Waals surface area contributed by atoms with Gasteiger partial charge in [-0.25, -0.2) is 29.9 Å². The van der Waals surface area contributed by atoms with Crippen molar-refractivity contribution in [2.24, 2.45) is 17.2 Å². The van der Waals surface area contributed by atoms with Crippen LogP contribution in [0.1, 0.15) is 58.2 Å². The number of nitrogens with two attached hydrogens (primary N) is 3. The van der Waals surface area contributed by atoms with E-state index < -0.39 is 16.6 Å². The normalized spacial score (nSPS) is 12.8. The topological polar surface area (TPSA) is 187 Å². The van der Waals surface area contributed by atoms with Gasteiger partial charge in [-0.1, -0.05) is 72.8 Å². The summed E-state index contributed by atoms with van der Waals surface area (Å²) in [6, 6.07) is 26.1. The van der Waals surface area contributed by atoms with Gasteiger partial charge in [0.15, 0.2) is 23.3 Å². The van der Waals surface area contributed by atoms with Crippen molar-refractivity contribution in [1.29, 1.82) is 0 Å². The van der Waals surface area contributed by atoms with Gasteiger partial charge in [-0.05, 0) is 64.3 Å². The summed E-state index contributed by atoms with van der Waals surface area (Å²) in [5.41, 5.74) is 27.0. The Morgan fingerprint density at radius 2 is 0.792 bits per heavy atom. The molecule has 0 aliphatic carbocycles. The van der Waals surface area contributed by atoms with Crippen LogP contribution < -0.4 is 17.2 Å². The molecule has 5 heterocycles. The Labute approximate surface area is 316 Å². The maximum atomic E-state index is 7.12. The Morgan fingerprint density at radius 1 is 0.434 bits per heavy atom. The first-order valence-electron chi connectivity index (χ1n) is 17.4. The SMILES string of the molecule is CC(C)(N)c1cc2c3nc4nc(nc5[nH]c(nc6nc(nc([nH]3)c2c(C(C)(C)N)c1C(C)(C)N)-c1ccccc1-6)c1ccccc51)-c1ccccc1-4.[Cu]. The van der Waals surface area contributed by atoms with E-state index in [0.29, 0.717) is 45.9 Å². The van der Waals surface area contributed by atoms with Gasteiger partial charge in [0.2, 0.25) is 0 Å². The van der Waals surface area contributed by atoms with Gasteiger partial charge in [-0.15, -0.1) is 0 Å². The van der Waals surface area contributed by atoms with Gasteiger partial charge in [0.1, 0.15) is 22.6 Å². The molecule has 3 aromatic heterocycles. The van der Waals surface area contributed by atoms with Crippen LogP contribution in [0.3, 0.4) is 0 Å². The van der Waals surface area contributed by atoms with Crippen molar-refractivity contribution in [1.82, 2.24) is 39.9 Å². The van der Waals surface area contributed by atoms with Gasteiger partial charge in [-0.2, -0.15) is 0 Å². The van der Waals surface area contributed by atoms with E-state index in [1.165, 1.54) is 0 Å². The summed E-state index contributed by atoms with van der Waals surface area (Å²) < 4.78 is 0. The molecule has 0 saturated heterocycles. The predicted octanol–water partition coefficient (Wildman–Crippen LogP) is 7.45. The predicted molar refractivity (Wildman–Crippen MR) is 208 cm³/mol. The van der Waals surface area contributed by atoms with Gasteiger partial charge in [-0.3, -0.25) is 0 Å². The fourth-order valence-electron chi connectivity index (χ4n) is 7.62. The molecule has 0 amide bonds. The standard InChI is InChI=1S/C41H39N11.Cu/c1-39(2,42)27-19-26-28(30(41(5,6)44)29(27)40(3,4)43)38-51-36-25-18-12-11-17-24(25)34(49-36)47-32-21-14-8-7-13-20(21)31(45-32)46-33-22-15-9-10-16-23(22)35(48-33)50-37(26)52-38;/h7-19H,42-44H2,1-6H3,(H2,45,46,47,48,49,50,51,52);. The summed E-state index contributed by atoms with van der Waals surface area (Å²) in [7, 11) is 0. The average molecular weight is 749 g/mol. The zero-order chi connectivity index (χ0) is 36.3. The van der Waals surface area contributed by atoms with E-state index in [9.17, 15) is 0 Å². The monoisotopic (exact) mass is 748 g/mol. The first-order chi connectivity index (χ1) is 24.7. The number of hydrogen-bond donors (Lipinski definition) is 5. The number of aromatic amines is 2. The average Bonchev–Trinajstić information content (AvgIpc) is 3.82. The second-order valence-corrected chi connectivity index (χ2v) is 15.5. The second kappa shape index (κ2) is 11.8. The Balaban J connectivity index is 0.00000400. The maximum absolute atomic E-state index is 7.12. The number of nitrogens with zero attached hydrogens (tertiary/aromatic N) is 6. The van der Waals surface area contributed by atoms with Crippen LogP contribution in [0.5, 0.6) is 0 Å². The molecule has 0 unspecified atom stereocenters. The van der Waals surface area contributed by atoms with Crippen molar-refractivity contribution in [3.05, 3.63) is 95.6 Å². The van der Waals surface area contributed by atoms with Crippen molar-refractivity contribution >= 4 is 44.1 Å². The number of fused-ring (bicyclic) bond motifs is 20. The van der Waals surface area contributed by atoms with Crippen LogP contribution in [-0.4, -0.2) is 39.9 Å². The fourth-order valence-corrected chi connectivity index (χ4v) is 7.62. The van der Waals surface area contributed by atoms with Crippen LogP contribution in [0, 0.1) is 0 Å². The molecule has 0 fully saturated rings. The van der Waals surface area contributed by atoms with Gasteiger partial charge in [0.25, 0.3) is 0 Å². The van der Waals surface area contributed by atoms with Crippen molar-refractivity contribution < 1.29 is 17.1 Å². The third-order valence-corrected chi connectivity index (χ3v) is 9.83. The van der Waals surface area contributed by atoms with E-state index in [2.05, 4.69) is 16.0 Å². The maximum Gasteiger partial charge on any atom is 0.164 e. The van der Waals surface area contributed by atoms with Crippen LogP contribution in [0.2, 0.25) is 0 Å². The quantitative estimate of drug-likeness (QED) is 0.114. The molecule has 4 aromatic carbocycles. The molecule has 0 atom stereocenters. The van der Waals surface area contributed by atoms with Crippen molar-refractivity contribution in [2.75, 3.05) is 0 Å². The molecule has 8 N–H and O–H groups in total. The van der Waals surface area contributed by atoms with Crippen molar-refractivity contribution in [2.45, 2.75) is 58.2 Å². The fraction of sp³-hybridized carbons (Fsp3) is 0.220. The molecule has 11 nitrogen and oxygen atoms in total. The van der Waals surface area contributed by atoms with Gasteiger partial charge in [0, 0.05) is 77.5 Å². The molecule has 8 bridgehead atoms. The number of hydrogen-bond acceptors (Lipinski definition) is 9. The molecule has 12 heteroatoms. The molecule has 0 saturated carbocycles. The molecule has 0 spiro atoms. The minimum absolute atomic E-state index is 0. The van der Waals surface area contributed by atoms with Gasteiger partial charge < -0.3 is 27.2 Å². The third kappa shape index (κ3) is 5.53. The Bertz CT molecular complexity index is 2810. The summed E-state index contributed by atoms with van der Waals surface area (Å²) in [5, 5.41) is 3.43. The molecule has 1 radical (unpaired) electrons. The van der Waals surface area contributed by atoms with Crippen LogP contribution in [0.4, 0.5) is 0 Å². The summed E-state index contributed by atoms with van der Waals surface area (Å²) in [6.07, 6.45) is 0. The smallest absolute Gasteiger partial charge is 0.164 e. The third-order valence-electron chi connectivity index (χ3n) is 9.83.